The number of nitro benzene ring substituents is 1. The van der Waals surface area contributed by atoms with Gasteiger partial charge in [0.1, 0.15) is 12.4 Å². The molecule has 0 aliphatic carbocycles. The highest BCUT2D eigenvalue weighted by molar-refractivity contribution is 5.97. The molecule has 0 radical (unpaired) electrons. The van der Waals surface area contributed by atoms with E-state index in [2.05, 4.69) is 4.98 Å². The summed E-state index contributed by atoms with van der Waals surface area (Å²) in [5, 5.41) is 11.1. The van der Waals surface area contributed by atoms with Gasteiger partial charge in [-0.2, -0.15) is 0 Å². The average Bonchev–Trinajstić information content (AvgIpc) is 2.75. The van der Waals surface area contributed by atoms with Gasteiger partial charge in [0, 0.05) is 37.1 Å². The Morgan fingerprint density at radius 1 is 1.14 bits per heavy atom. The molecule has 0 saturated carbocycles. The van der Waals surface area contributed by atoms with Crippen molar-refractivity contribution in [3.05, 3.63) is 99.4 Å². The number of hydrogen-bond acceptors (Lipinski definition) is 5. The Morgan fingerprint density at radius 2 is 2.00 bits per heavy atom. The van der Waals surface area contributed by atoms with Gasteiger partial charge >= 0.3 is 0 Å². The minimum Gasteiger partial charge on any atom is -0.489 e. The van der Waals surface area contributed by atoms with Gasteiger partial charge in [-0.25, -0.2) is 0 Å². The maximum Gasteiger partial charge on any atom is 0.276 e. The number of nitro groups is 1. The third kappa shape index (κ3) is 4.08. The normalized spacial score (nSPS) is 13.1. The third-order valence-corrected chi connectivity index (χ3v) is 4.93. The summed E-state index contributed by atoms with van der Waals surface area (Å²) in [4.78, 5) is 29.6. The molecular weight excluding hydrogens is 370 g/mol. The molecule has 0 fully saturated rings. The molecule has 4 rings (SSSR count). The predicted molar refractivity (Wildman–Crippen MR) is 107 cm³/mol. The van der Waals surface area contributed by atoms with Crippen LogP contribution in [-0.4, -0.2) is 27.3 Å². The highest BCUT2D eigenvalue weighted by Crippen LogP contribution is 2.26. The van der Waals surface area contributed by atoms with Crippen molar-refractivity contribution >= 4 is 11.6 Å². The van der Waals surface area contributed by atoms with Crippen molar-refractivity contribution in [2.75, 3.05) is 6.54 Å². The van der Waals surface area contributed by atoms with E-state index in [1.165, 1.54) is 6.07 Å². The summed E-state index contributed by atoms with van der Waals surface area (Å²) in [5.41, 5.74) is 3.08. The van der Waals surface area contributed by atoms with E-state index in [0.29, 0.717) is 30.0 Å². The number of pyridine rings is 1. The largest absolute Gasteiger partial charge is 0.489 e. The SMILES string of the molecule is O=C1c2cc(OCc3ccccc3[N+](=O)[O-])ccc2CCN1Cc1cccnc1. The number of benzene rings is 2. The number of rotatable bonds is 6. The van der Waals surface area contributed by atoms with Crippen molar-refractivity contribution in [1.82, 2.24) is 9.88 Å². The maximum atomic E-state index is 13.0. The highest BCUT2D eigenvalue weighted by Gasteiger charge is 2.25. The molecule has 1 amide bonds. The first-order valence-electron chi connectivity index (χ1n) is 9.28. The maximum absolute atomic E-state index is 13.0. The van der Waals surface area contributed by atoms with Gasteiger partial charge in [0.05, 0.1) is 10.5 Å². The first-order valence-corrected chi connectivity index (χ1v) is 9.28. The lowest BCUT2D eigenvalue weighted by molar-refractivity contribution is -0.385. The minimum absolute atomic E-state index is 0.0178. The molecule has 7 nitrogen and oxygen atoms in total. The number of fused-ring (bicyclic) bond motifs is 1. The van der Waals surface area contributed by atoms with E-state index in [1.54, 1.807) is 47.6 Å². The van der Waals surface area contributed by atoms with Crippen molar-refractivity contribution in [3.8, 4) is 5.75 Å². The smallest absolute Gasteiger partial charge is 0.276 e. The molecule has 0 N–H and O–H groups in total. The summed E-state index contributed by atoms with van der Waals surface area (Å²) in [6.07, 6.45) is 4.23. The fourth-order valence-corrected chi connectivity index (χ4v) is 3.42. The Balaban J connectivity index is 1.50. The van der Waals surface area contributed by atoms with Crippen LogP contribution in [0.4, 0.5) is 5.69 Å². The number of carbonyl (C=O) groups is 1. The molecule has 29 heavy (non-hydrogen) atoms. The molecule has 1 aromatic heterocycles. The van der Waals surface area contributed by atoms with E-state index >= 15 is 0 Å². The summed E-state index contributed by atoms with van der Waals surface area (Å²) < 4.78 is 5.77. The molecular formula is C22H19N3O4. The highest BCUT2D eigenvalue weighted by atomic mass is 16.6. The number of ether oxygens (including phenoxy) is 1. The second-order valence-corrected chi connectivity index (χ2v) is 6.83. The molecule has 2 aromatic carbocycles. The molecule has 1 aliphatic heterocycles. The molecule has 146 valence electrons. The Labute approximate surface area is 167 Å². The second-order valence-electron chi connectivity index (χ2n) is 6.83. The number of aromatic nitrogens is 1. The summed E-state index contributed by atoms with van der Waals surface area (Å²) in [6, 6.07) is 15.7. The molecule has 0 saturated heterocycles. The lowest BCUT2D eigenvalue weighted by atomic mass is 9.98. The second kappa shape index (κ2) is 8.10. The molecule has 7 heteroatoms. The van der Waals surface area contributed by atoms with Crippen molar-refractivity contribution in [3.63, 3.8) is 0 Å². The summed E-state index contributed by atoms with van der Waals surface area (Å²) in [7, 11) is 0. The number of carbonyl (C=O) groups excluding carboxylic acids is 1. The first-order chi connectivity index (χ1) is 14.1. The molecule has 3 aromatic rings. The number of amides is 1. The van der Waals surface area contributed by atoms with Crippen LogP contribution in [0, 0.1) is 10.1 Å². The van der Waals surface area contributed by atoms with Crippen LogP contribution in [0.15, 0.2) is 67.0 Å². The molecule has 0 unspecified atom stereocenters. The molecule has 2 heterocycles. The van der Waals surface area contributed by atoms with E-state index in [-0.39, 0.29) is 18.2 Å². The zero-order valence-electron chi connectivity index (χ0n) is 15.7. The lowest BCUT2D eigenvalue weighted by Gasteiger charge is -2.29. The quantitative estimate of drug-likeness (QED) is 0.473. The molecule has 0 atom stereocenters. The van der Waals surface area contributed by atoms with E-state index in [4.69, 9.17) is 4.74 Å². The summed E-state index contributed by atoms with van der Waals surface area (Å²) in [5.74, 6) is 0.463. The number of nitrogens with zero attached hydrogens (tertiary/aromatic N) is 3. The number of hydrogen-bond donors (Lipinski definition) is 0. The van der Waals surface area contributed by atoms with Crippen LogP contribution in [0.1, 0.15) is 27.0 Å². The molecule has 0 spiro atoms. The van der Waals surface area contributed by atoms with Gasteiger partial charge in [-0.15, -0.1) is 0 Å². The van der Waals surface area contributed by atoms with Crippen molar-refractivity contribution in [2.24, 2.45) is 0 Å². The fraction of sp³-hybridized carbons (Fsp3) is 0.182. The van der Waals surface area contributed by atoms with Crippen LogP contribution in [0.5, 0.6) is 5.75 Å². The van der Waals surface area contributed by atoms with Crippen molar-refractivity contribution in [1.29, 1.82) is 0 Å². The first kappa shape index (κ1) is 18.6. The minimum atomic E-state index is -0.425. The molecule has 0 bridgehead atoms. The van der Waals surface area contributed by atoms with Gasteiger partial charge in [-0.3, -0.25) is 19.9 Å². The van der Waals surface area contributed by atoms with Gasteiger partial charge < -0.3 is 9.64 Å². The van der Waals surface area contributed by atoms with Gasteiger partial charge in [-0.1, -0.05) is 24.3 Å². The van der Waals surface area contributed by atoms with Crippen molar-refractivity contribution < 1.29 is 14.5 Å². The van der Waals surface area contributed by atoms with E-state index in [9.17, 15) is 14.9 Å². The van der Waals surface area contributed by atoms with Gasteiger partial charge in [0.25, 0.3) is 11.6 Å². The Morgan fingerprint density at radius 3 is 2.79 bits per heavy atom. The zero-order valence-corrected chi connectivity index (χ0v) is 15.7. The van der Waals surface area contributed by atoms with Crippen LogP contribution in [-0.2, 0) is 19.6 Å². The van der Waals surface area contributed by atoms with E-state index in [1.807, 2.05) is 18.2 Å². The third-order valence-electron chi connectivity index (χ3n) is 4.93. The monoisotopic (exact) mass is 389 g/mol. The predicted octanol–water partition coefficient (Wildman–Crippen LogP) is 3.77. The lowest BCUT2D eigenvalue weighted by Crippen LogP contribution is -2.37. The van der Waals surface area contributed by atoms with Crippen LogP contribution < -0.4 is 4.74 Å². The topological polar surface area (TPSA) is 85.6 Å². The zero-order chi connectivity index (χ0) is 20.2. The van der Waals surface area contributed by atoms with E-state index < -0.39 is 4.92 Å². The standard InChI is InChI=1S/C22H19N3O4/c26-22-20-12-19(29-15-18-5-1-2-6-21(18)25(27)28)8-7-17(20)9-11-24(22)14-16-4-3-10-23-13-16/h1-8,10,12-13H,9,11,14-15H2. The van der Waals surface area contributed by atoms with Gasteiger partial charge in [0.2, 0.25) is 0 Å². The Hall–Kier alpha value is -3.74. The average molecular weight is 389 g/mol. The van der Waals surface area contributed by atoms with Crippen LogP contribution in [0.3, 0.4) is 0 Å². The van der Waals surface area contributed by atoms with Crippen LogP contribution >= 0.6 is 0 Å². The molecule has 1 aliphatic rings. The Bertz CT molecular complexity index is 1050. The van der Waals surface area contributed by atoms with Crippen LogP contribution in [0.25, 0.3) is 0 Å². The van der Waals surface area contributed by atoms with Crippen molar-refractivity contribution in [2.45, 2.75) is 19.6 Å². The summed E-state index contributed by atoms with van der Waals surface area (Å²) >= 11 is 0. The summed E-state index contributed by atoms with van der Waals surface area (Å²) in [6.45, 7) is 1.22. The number of para-hydroxylation sites is 1. The van der Waals surface area contributed by atoms with Gasteiger partial charge in [0.15, 0.2) is 0 Å². The fourth-order valence-electron chi connectivity index (χ4n) is 3.42. The van der Waals surface area contributed by atoms with Gasteiger partial charge in [-0.05, 0) is 41.8 Å². The van der Waals surface area contributed by atoms with E-state index in [0.717, 1.165) is 17.5 Å². The van der Waals surface area contributed by atoms with Crippen LogP contribution in [0.2, 0.25) is 0 Å². The Kier molecular flexibility index (Phi) is 5.20.